The van der Waals surface area contributed by atoms with Crippen molar-refractivity contribution >= 4 is 17.5 Å². The van der Waals surface area contributed by atoms with E-state index in [-0.39, 0.29) is 36.5 Å². The van der Waals surface area contributed by atoms with Crippen molar-refractivity contribution < 1.29 is 19.4 Å². The van der Waals surface area contributed by atoms with Crippen LogP contribution in [-0.4, -0.2) is 81.9 Å². The van der Waals surface area contributed by atoms with Gasteiger partial charge in [0.05, 0.1) is 29.6 Å². The fraction of sp³-hybridized carbons (Fsp3) is 0.577. The molecule has 0 bridgehead atoms. The lowest BCUT2D eigenvalue weighted by Gasteiger charge is -2.38. The van der Waals surface area contributed by atoms with E-state index in [1.165, 1.54) is 17.5 Å². The standard InChI is InChI=1S/C26H37N5O4/c1-16-12-31(18(3)15-32)26(34)20-7-6-8-21(27-25(33)22-11-17(2)28-30(22)5)24(20)35-23(16)14-29(4)13-19-9-10-19/h6-8,11,16,18-19,23,32H,9-10,12-15H2,1-5H3,(H,27,33)/t16-,18-,23-/m1/s1. The second-order valence-corrected chi connectivity index (χ2v) is 10.2. The average Bonchev–Trinajstić information content (AvgIpc) is 3.56. The molecular formula is C26H37N5O4. The number of rotatable bonds is 8. The van der Waals surface area contributed by atoms with Crippen LogP contribution in [0.25, 0.3) is 0 Å². The number of carbonyl (C=O) groups is 2. The molecule has 2 heterocycles. The number of aliphatic hydroxyl groups excluding tert-OH is 1. The lowest BCUT2D eigenvalue weighted by molar-refractivity contribution is 0.0345. The Morgan fingerprint density at radius 1 is 1.34 bits per heavy atom. The number of carbonyl (C=O) groups excluding carboxylic acids is 2. The number of aromatic nitrogens is 2. The first kappa shape index (κ1) is 25.2. The van der Waals surface area contributed by atoms with E-state index in [0.717, 1.165) is 18.2 Å². The zero-order chi connectivity index (χ0) is 25.3. The highest BCUT2D eigenvalue weighted by Crippen LogP contribution is 2.36. The second-order valence-electron chi connectivity index (χ2n) is 10.2. The minimum Gasteiger partial charge on any atom is -0.486 e. The van der Waals surface area contributed by atoms with Crippen LogP contribution in [0.1, 0.15) is 53.2 Å². The Hall–Kier alpha value is -2.91. The Morgan fingerprint density at radius 3 is 2.71 bits per heavy atom. The van der Waals surface area contributed by atoms with Gasteiger partial charge >= 0.3 is 0 Å². The number of likely N-dealkylation sites (N-methyl/N-ethyl adjacent to an activating group) is 1. The molecule has 1 aliphatic carbocycles. The third kappa shape index (κ3) is 5.67. The molecule has 0 radical (unpaired) electrons. The van der Waals surface area contributed by atoms with Crippen LogP contribution in [0.4, 0.5) is 5.69 Å². The van der Waals surface area contributed by atoms with E-state index in [1.807, 2.05) is 13.8 Å². The molecule has 0 spiro atoms. The third-order valence-corrected chi connectivity index (χ3v) is 6.93. The van der Waals surface area contributed by atoms with Crippen LogP contribution >= 0.6 is 0 Å². The van der Waals surface area contributed by atoms with E-state index < -0.39 is 0 Å². The van der Waals surface area contributed by atoms with Crippen LogP contribution in [0.3, 0.4) is 0 Å². The number of para-hydroxylation sites is 1. The Morgan fingerprint density at radius 2 is 2.09 bits per heavy atom. The predicted molar refractivity (Wildman–Crippen MR) is 134 cm³/mol. The molecule has 9 nitrogen and oxygen atoms in total. The number of anilines is 1. The van der Waals surface area contributed by atoms with Gasteiger partial charge in [0.25, 0.3) is 11.8 Å². The highest BCUT2D eigenvalue weighted by Gasteiger charge is 2.35. The second kappa shape index (κ2) is 10.4. The average molecular weight is 484 g/mol. The lowest BCUT2D eigenvalue weighted by Crippen LogP contribution is -2.50. The molecule has 1 aromatic carbocycles. The van der Waals surface area contributed by atoms with E-state index in [2.05, 4.69) is 29.3 Å². The van der Waals surface area contributed by atoms with Crippen molar-refractivity contribution in [2.24, 2.45) is 18.9 Å². The largest absolute Gasteiger partial charge is 0.486 e. The number of nitrogens with zero attached hydrogens (tertiary/aromatic N) is 4. The topological polar surface area (TPSA) is 99.9 Å². The van der Waals surface area contributed by atoms with Gasteiger partial charge in [0, 0.05) is 32.6 Å². The van der Waals surface area contributed by atoms with Crippen LogP contribution in [0, 0.1) is 18.8 Å². The summed E-state index contributed by atoms with van der Waals surface area (Å²) in [4.78, 5) is 30.7. The maximum Gasteiger partial charge on any atom is 0.274 e. The molecule has 4 rings (SSSR count). The molecule has 3 atom stereocenters. The maximum absolute atomic E-state index is 13.6. The summed E-state index contributed by atoms with van der Waals surface area (Å²) in [6.07, 6.45) is 2.35. The van der Waals surface area contributed by atoms with E-state index in [9.17, 15) is 14.7 Å². The number of aliphatic hydroxyl groups is 1. The molecule has 1 aliphatic heterocycles. The Bertz CT molecular complexity index is 1080. The molecule has 190 valence electrons. The van der Waals surface area contributed by atoms with Crippen molar-refractivity contribution in [3.8, 4) is 5.75 Å². The van der Waals surface area contributed by atoms with Gasteiger partial charge in [0.2, 0.25) is 0 Å². The molecule has 2 N–H and O–H groups in total. The van der Waals surface area contributed by atoms with Crippen molar-refractivity contribution in [1.29, 1.82) is 0 Å². The highest BCUT2D eigenvalue weighted by molar-refractivity contribution is 6.06. The summed E-state index contributed by atoms with van der Waals surface area (Å²) < 4.78 is 8.10. The summed E-state index contributed by atoms with van der Waals surface area (Å²) in [7, 11) is 3.82. The zero-order valence-corrected chi connectivity index (χ0v) is 21.3. The Kier molecular flexibility index (Phi) is 7.47. The van der Waals surface area contributed by atoms with Gasteiger partial charge in [0.1, 0.15) is 11.8 Å². The fourth-order valence-electron chi connectivity index (χ4n) is 4.69. The summed E-state index contributed by atoms with van der Waals surface area (Å²) in [6.45, 7) is 7.83. The van der Waals surface area contributed by atoms with E-state index >= 15 is 0 Å². The first-order chi connectivity index (χ1) is 16.7. The molecule has 1 aromatic heterocycles. The number of ether oxygens (including phenoxy) is 1. The molecule has 2 aliphatic rings. The summed E-state index contributed by atoms with van der Waals surface area (Å²) in [5.41, 5.74) is 1.99. The number of amides is 2. The van der Waals surface area contributed by atoms with Crippen molar-refractivity contribution in [1.82, 2.24) is 19.6 Å². The van der Waals surface area contributed by atoms with Crippen molar-refractivity contribution in [3.05, 3.63) is 41.2 Å². The SMILES string of the molecule is Cc1cc(C(=O)Nc2cccc3c2O[C@H](CN(C)CC2CC2)[C@H](C)CN([C@H](C)CO)C3=O)n(C)n1. The molecule has 0 saturated heterocycles. The van der Waals surface area contributed by atoms with Gasteiger partial charge in [0.15, 0.2) is 5.75 Å². The van der Waals surface area contributed by atoms with Crippen LogP contribution in [0.2, 0.25) is 0 Å². The molecule has 9 heteroatoms. The third-order valence-electron chi connectivity index (χ3n) is 6.93. The number of hydrogen-bond donors (Lipinski definition) is 2. The predicted octanol–water partition coefficient (Wildman–Crippen LogP) is 2.54. The van der Waals surface area contributed by atoms with Gasteiger partial charge in [-0.1, -0.05) is 13.0 Å². The van der Waals surface area contributed by atoms with Crippen LogP contribution in [0.5, 0.6) is 5.75 Å². The number of benzene rings is 1. The Balaban J connectivity index is 1.69. The van der Waals surface area contributed by atoms with Crippen LogP contribution < -0.4 is 10.1 Å². The number of hydrogen-bond acceptors (Lipinski definition) is 6. The van der Waals surface area contributed by atoms with Gasteiger partial charge in [-0.2, -0.15) is 5.10 Å². The maximum atomic E-state index is 13.6. The fourth-order valence-corrected chi connectivity index (χ4v) is 4.69. The minimum atomic E-state index is -0.337. The van der Waals surface area contributed by atoms with Crippen LogP contribution in [0.15, 0.2) is 24.3 Å². The van der Waals surface area contributed by atoms with Crippen molar-refractivity contribution in [2.45, 2.75) is 45.8 Å². The van der Waals surface area contributed by atoms with Crippen LogP contribution in [-0.2, 0) is 7.05 Å². The summed E-state index contributed by atoms with van der Waals surface area (Å²) >= 11 is 0. The van der Waals surface area contributed by atoms with Gasteiger partial charge < -0.3 is 25.0 Å². The monoisotopic (exact) mass is 483 g/mol. The smallest absolute Gasteiger partial charge is 0.274 e. The molecule has 2 amide bonds. The number of nitrogens with one attached hydrogen (secondary N) is 1. The van der Waals surface area contributed by atoms with Gasteiger partial charge in [-0.15, -0.1) is 0 Å². The number of fused-ring (bicyclic) bond motifs is 1. The van der Waals surface area contributed by atoms with E-state index in [1.54, 1.807) is 36.2 Å². The molecular weight excluding hydrogens is 446 g/mol. The summed E-state index contributed by atoms with van der Waals surface area (Å²) in [5.74, 6) is 0.602. The first-order valence-corrected chi connectivity index (χ1v) is 12.4. The van der Waals surface area contributed by atoms with E-state index in [0.29, 0.717) is 35.8 Å². The summed E-state index contributed by atoms with van der Waals surface area (Å²) in [6, 6.07) is 6.60. The quantitative estimate of drug-likeness (QED) is 0.599. The first-order valence-electron chi connectivity index (χ1n) is 12.4. The molecule has 2 aromatic rings. The summed E-state index contributed by atoms with van der Waals surface area (Å²) in [5, 5.41) is 17.0. The lowest BCUT2D eigenvalue weighted by atomic mass is 9.99. The zero-order valence-electron chi connectivity index (χ0n) is 21.3. The van der Waals surface area contributed by atoms with E-state index in [4.69, 9.17) is 4.74 Å². The van der Waals surface area contributed by atoms with Crippen molar-refractivity contribution in [2.75, 3.05) is 38.6 Å². The van der Waals surface area contributed by atoms with Gasteiger partial charge in [-0.25, -0.2) is 0 Å². The normalized spacial score (nSPS) is 21.2. The molecule has 0 unspecified atom stereocenters. The number of aryl methyl sites for hydroxylation is 2. The highest BCUT2D eigenvalue weighted by atomic mass is 16.5. The van der Waals surface area contributed by atoms with Gasteiger partial charge in [-0.05, 0) is 57.9 Å². The van der Waals surface area contributed by atoms with Gasteiger partial charge in [-0.3, -0.25) is 14.3 Å². The van der Waals surface area contributed by atoms with Crippen molar-refractivity contribution in [3.63, 3.8) is 0 Å². The molecule has 35 heavy (non-hydrogen) atoms. The minimum absolute atomic E-state index is 0.0197. The molecule has 1 saturated carbocycles. The molecule has 1 fully saturated rings. The Labute approximate surface area is 207 Å².